The van der Waals surface area contributed by atoms with Gasteiger partial charge in [0, 0.05) is 37.5 Å². The van der Waals surface area contributed by atoms with Gasteiger partial charge in [-0.05, 0) is 37.0 Å². The molecule has 25 heavy (non-hydrogen) atoms. The number of pyridine rings is 1. The molecule has 130 valence electrons. The van der Waals surface area contributed by atoms with Gasteiger partial charge in [-0.1, -0.05) is 30.3 Å². The van der Waals surface area contributed by atoms with Crippen LogP contribution in [0.3, 0.4) is 0 Å². The molecule has 1 aromatic carbocycles. The van der Waals surface area contributed by atoms with Crippen LogP contribution >= 0.6 is 0 Å². The molecule has 1 aromatic heterocycles. The molecule has 4 nitrogen and oxygen atoms in total. The van der Waals surface area contributed by atoms with Crippen molar-refractivity contribution in [2.45, 2.75) is 31.8 Å². The number of ether oxygens (including phenoxy) is 1. The first kappa shape index (κ1) is 16.1. The fourth-order valence-electron chi connectivity index (χ4n) is 3.66. The highest BCUT2D eigenvalue weighted by atomic mass is 16.5. The van der Waals surface area contributed by atoms with Gasteiger partial charge < -0.3 is 9.64 Å². The average molecular weight is 336 g/mol. The SMILES string of the molecule is O=C(C1CC1)N1CC[C@H](Oc2cccnc2)[C@H](Cc2ccccc2)C1. The standard InChI is InChI=1S/C21H24N2O2/c24-21(17-8-9-17)23-12-10-20(25-19-7-4-11-22-14-19)18(15-23)13-16-5-2-1-3-6-16/h1-7,11,14,17-18,20H,8-10,12-13,15H2/t18-,20+/m1/s1. The van der Waals surface area contributed by atoms with E-state index in [2.05, 4.69) is 34.1 Å². The van der Waals surface area contributed by atoms with Gasteiger partial charge in [0.25, 0.3) is 0 Å². The third-order valence-electron chi connectivity index (χ3n) is 5.17. The quantitative estimate of drug-likeness (QED) is 0.841. The van der Waals surface area contributed by atoms with Crippen molar-refractivity contribution in [1.82, 2.24) is 9.88 Å². The number of aromatic nitrogens is 1. The van der Waals surface area contributed by atoms with Crippen LogP contribution in [0.5, 0.6) is 5.75 Å². The lowest BCUT2D eigenvalue weighted by Gasteiger charge is -2.38. The number of hydrogen-bond acceptors (Lipinski definition) is 3. The molecule has 1 saturated carbocycles. The number of carbonyl (C=O) groups is 1. The van der Waals surface area contributed by atoms with Crippen LogP contribution in [0.2, 0.25) is 0 Å². The van der Waals surface area contributed by atoms with E-state index >= 15 is 0 Å². The fraction of sp³-hybridized carbons (Fsp3) is 0.429. The summed E-state index contributed by atoms with van der Waals surface area (Å²) in [6, 6.07) is 14.3. The van der Waals surface area contributed by atoms with Gasteiger partial charge in [0.15, 0.2) is 0 Å². The Balaban J connectivity index is 1.49. The number of benzene rings is 1. The van der Waals surface area contributed by atoms with Crippen LogP contribution in [0.4, 0.5) is 0 Å². The molecule has 2 atom stereocenters. The van der Waals surface area contributed by atoms with Gasteiger partial charge in [-0.25, -0.2) is 0 Å². The largest absolute Gasteiger partial charge is 0.488 e. The summed E-state index contributed by atoms with van der Waals surface area (Å²) in [6.45, 7) is 1.58. The fourth-order valence-corrected chi connectivity index (χ4v) is 3.66. The number of carbonyl (C=O) groups excluding carboxylic acids is 1. The maximum absolute atomic E-state index is 12.5. The third kappa shape index (κ3) is 4.01. The number of rotatable bonds is 5. The monoisotopic (exact) mass is 336 g/mol. The average Bonchev–Trinajstić information content (AvgIpc) is 3.49. The zero-order valence-corrected chi connectivity index (χ0v) is 14.4. The lowest BCUT2D eigenvalue weighted by molar-refractivity contribution is -0.136. The summed E-state index contributed by atoms with van der Waals surface area (Å²) in [7, 11) is 0. The normalized spacial score (nSPS) is 23.3. The van der Waals surface area contributed by atoms with E-state index < -0.39 is 0 Å². The number of hydrogen-bond donors (Lipinski definition) is 0. The van der Waals surface area contributed by atoms with Crippen LogP contribution in [-0.2, 0) is 11.2 Å². The molecule has 2 aromatic rings. The highest BCUT2D eigenvalue weighted by Crippen LogP contribution is 2.33. The van der Waals surface area contributed by atoms with E-state index in [1.165, 1.54) is 5.56 Å². The molecular formula is C21H24N2O2. The summed E-state index contributed by atoms with van der Waals surface area (Å²) in [5.41, 5.74) is 1.30. The molecule has 2 aliphatic rings. The summed E-state index contributed by atoms with van der Waals surface area (Å²) in [5.74, 6) is 1.75. The molecule has 0 bridgehead atoms. The van der Waals surface area contributed by atoms with Gasteiger partial charge in [0.2, 0.25) is 5.91 Å². The summed E-state index contributed by atoms with van der Waals surface area (Å²) < 4.78 is 6.24. The molecular weight excluding hydrogens is 312 g/mol. The number of piperidine rings is 1. The van der Waals surface area contributed by atoms with Crippen LogP contribution in [0, 0.1) is 11.8 Å². The Kier molecular flexibility index (Phi) is 4.68. The predicted molar refractivity (Wildman–Crippen MR) is 96.2 cm³/mol. The molecule has 1 saturated heterocycles. The number of amides is 1. The molecule has 2 fully saturated rings. The zero-order valence-electron chi connectivity index (χ0n) is 14.4. The van der Waals surface area contributed by atoms with Crippen LogP contribution in [0.25, 0.3) is 0 Å². The Morgan fingerprint density at radius 2 is 1.96 bits per heavy atom. The highest BCUT2D eigenvalue weighted by Gasteiger charge is 2.38. The predicted octanol–water partition coefficient (Wildman–Crippen LogP) is 3.33. The maximum atomic E-state index is 12.5. The van der Waals surface area contributed by atoms with E-state index in [-0.39, 0.29) is 12.0 Å². The van der Waals surface area contributed by atoms with Crippen molar-refractivity contribution in [1.29, 1.82) is 0 Å². The smallest absolute Gasteiger partial charge is 0.225 e. The van der Waals surface area contributed by atoms with Crippen molar-refractivity contribution in [3.63, 3.8) is 0 Å². The van der Waals surface area contributed by atoms with E-state index in [1.807, 2.05) is 18.2 Å². The maximum Gasteiger partial charge on any atom is 0.225 e. The minimum absolute atomic E-state index is 0.118. The molecule has 0 N–H and O–H groups in total. The van der Waals surface area contributed by atoms with Gasteiger partial charge >= 0.3 is 0 Å². The molecule has 0 radical (unpaired) electrons. The Morgan fingerprint density at radius 1 is 1.12 bits per heavy atom. The van der Waals surface area contributed by atoms with E-state index in [0.29, 0.717) is 11.8 Å². The van der Waals surface area contributed by atoms with Crippen LogP contribution in [0.15, 0.2) is 54.9 Å². The Labute approximate surface area is 148 Å². The van der Waals surface area contributed by atoms with E-state index in [1.54, 1.807) is 12.4 Å². The van der Waals surface area contributed by atoms with E-state index in [9.17, 15) is 4.79 Å². The van der Waals surface area contributed by atoms with Crippen LogP contribution in [0.1, 0.15) is 24.8 Å². The number of likely N-dealkylation sites (tertiary alicyclic amines) is 1. The van der Waals surface area contributed by atoms with Gasteiger partial charge in [0.1, 0.15) is 11.9 Å². The van der Waals surface area contributed by atoms with Gasteiger partial charge in [-0.15, -0.1) is 0 Å². The molecule has 1 amide bonds. The second kappa shape index (κ2) is 7.26. The first-order valence-corrected chi connectivity index (χ1v) is 9.19. The zero-order chi connectivity index (χ0) is 17.1. The van der Waals surface area contributed by atoms with Crippen molar-refractivity contribution in [3.05, 3.63) is 60.4 Å². The lowest BCUT2D eigenvalue weighted by atomic mass is 9.88. The first-order valence-electron chi connectivity index (χ1n) is 9.19. The Bertz CT molecular complexity index is 700. The van der Waals surface area contributed by atoms with Crippen molar-refractivity contribution >= 4 is 5.91 Å². The minimum Gasteiger partial charge on any atom is -0.488 e. The summed E-state index contributed by atoms with van der Waals surface area (Å²) in [4.78, 5) is 18.7. The third-order valence-corrected chi connectivity index (χ3v) is 5.17. The summed E-state index contributed by atoms with van der Waals surface area (Å²) >= 11 is 0. The second-order valence-corrected chi connectivity index (χ2v) is 7.14. The van der Waals surface area contributed by atoms with E-state index in [0.717, 1.165) is 44.5 Å². The van der Waals surface area contributed by atoms with Gasteiger partial charge in [-0.3, -0.25) is 9.78 Å². The van der Waals surface area contributed by atoms with Crippen molar-refractivity contribution in [3.8, 4) is 5.75 Å². The molecule has 0 unspecified atom stereocenters. The lowest BCUT2D eigenvalue weighted by Crippen LogP contribution is -2.49. The second-order valence-electron chi connectivity index (χ2n) is 7.14. The van der Waals surface area contributed by atoms with Crippen molar-refractivity contribution in [2.75, 3.05) is 13.1 Å². The van der Waals surface area contributed by atoms with Crippen molar-refractivity contribution in [2.24, 2.45) is 11.8 Å². The molecule has 4 heteroatoms. The molecule has 0 spiro atoms. The molecule has 4 rings (SSSR count). The number of nitrogens with zero attached hydrogens (tertiary/aromatic N) is 2. The topological polar surface area (TPSA) is 42.4 Å². The Hall–Kier alpha value is -2.36. The summed E-state index contributed by atoms with van der Waals surface area (Å²) in [5, 5.41) is 0. The molecule has 2 heterocycles. The van der Waals surface area contributed by atoms with E-state index in [4.69, 9.17) is 4.74 Å². The van der Waals surface area contributed by atoms with Crippen LogP contribution < -0.4 is 4.74 Å². The van der Waals surface area contributed by atoms with Crippen LogP contribution in [-0.4, -0.2) is 35.0 Å². The van der Waals surface area contributed by atoms with Gasteiger partial charge in [0.05, 0.1) is 6.20 Å². The minimum atomic E-state index is 0.118. The molecule has 1 aliphatic heterocycles. The highest BCUT2D eigenvalue weighted by molar-refractivity contribution is 5.81. The first-order chi connectivity index (χ1) is 12.3. The molecule has 1 aliphatic carbocycles. The summed E-state index contributed by atoms with van der Waals surface area (Å²) in [6.07, 6.45) is 7.58. The van der Waals surface area contributed by atoms with Crippen molar-refractivity contribution < 1.29 is 9.53 Å². The van der Waals surface area contributed by atoms with Gasteiger partial charge in [-0.2, -0.15) is 0 Å². The Morgan fingerprint density at radius 3 is 2.68 bits per heavy atom.